The molecule has 2 aliphatic rings. The molecule has 0 aliphatic carbocycles. The normalized spacial score (nSPS) is 20.5. The van der Waals surface area contributed by atoms with Crippen LogP contribution in [-0.2, 0) is 14.8 Å². The number of likely N-dealkylation sites (tertiary alicyclic amines) is 1. The quantitative estimate of drug-likeness (QED) is 0.566. The number of aryl methyl sites for hydroxylation is 1. The van der Waals surface area contributed by atoms with Gasteiger partial charge in [-0.3, -0.25) is 4.79 Å². The molecule has 8 nitrogen and oxygen atoms in total. The molecule has 0 saturated carbocycles. The molecule has 1 amide bonds. The molecule has 1 unspecified atom stereocenters. The fraction of sp³-hybridized carbons (Fsp3) is 0.435. The number of hydrogen-bond donors (Lipinski definition) is 1. The number of fused-ring (bicyclic) bond motifs is 1. The number of amides is 1. The number of aromatic nitrogens is 3. The van der Waals surface area contributed by atoms with Gasteiger partial charge in [0.2, 0.25) is 15.9 Å². The first-order chi connectivity index (χ1) is 15.8. The number of imidazole rings is 1. The van der Waals surface area contributed by atoms with Crippen LogP contribution >= 0.6 is 11.6 Å². The van der Waals surface area contributed by atoms with Crippen LogP contribution in [0.1, 0.15) is 43.1 Å². The zero-order valence-corrected chi connectivity index (χ0v) is 19.9. The molecule has 0 bridgehead atoms. The van der Waals surface area contributed by atoms with Crippen molar-refractivity contribution in [3.05, 3.63) is 53.1 Å². The van der Waals surface area contributed by atoms with Crippen LogP contribution in [-0.4, -0.2) is 58.1 Å². The Balaban J connectivity index is 1.29. The van der Waals surface area contributed by atoms with Crippen LogP contribution in [0.3, 0.4) is 0 Å². The van der Waals surface area contributed by atoms with E-state index in [1.807, 2.05) is 24.0 Å². The summed E-state index contributed by atoms with van der Waals surface area (Å²) in [6, 6.07) is 9.05. The molecule has 5 rings (SSSR count). The van der Waals surface area contributed by atoms with Crippen molar-refractivity contribution in [2.75, 3.05) is 19.6 Å². The number of rotatable bonds is 4. The lowest BCUT2D eigenvalue weighted by Crippen LogP contribution is -2.44. The maximum Gasteiger partial charge on any atom is 0.246 e. The number of pyridine rings is 1. The summed E-state index contributed by atoms with van der Waals surface area (Å²) in [5, 5.41) is -0.0309. The Morgan fingerprint density at radius 1 is 1.15 bits per heavy atom. The van der Waals surface area contributed by atoms with E-state index in [4.69, 9.17) is 16.6 Å². The zero-order valence-electron chi connectivity index (χ0n) is 18.4. The summed E-state index contributed by atoms with van der Waals surface area (Å²) in [4.78, 5) is 27.4. The van der Waals surface area contributed by atoms with E-state index in [1.165, 1.54) is 16.6 Å². The molecule has 0 radical (unpaired) electrons. The minimum atomic E-state index is -3.73. The summed E-state index contributed by atoms with van der Waals surface area (Å²) in [5.74, 6) is 0.714. The Labute approximate surface area is 198 Å². The molecular formula is C23H26ClN5O3S. The maximum absolute atomic E-state index is 13.4. The summed E-state index contributed by atoms with van der Waals surface area (Å²) in [6.45, 7) is 3.31. The first-order valence-corrected chi connectivity index (χ1v) is 13.0. The first kappa shape index (κ1) is 22.3. The predicted octanol–water partition coefficient (Wildman–Crippen LogP) is 3.68. The number of carbonyl (C=O) groups excluding carboxylic acids is 1. The Hall–Kier alpha value is -2.49. The van der Waals surface area contributed by atoms with Crippen molar-refractivity contribution in [2.45, 2.75) is 43.5 Å². The minimum absolute atomic E-state index is 0.0103. The Morgan fingerprint density at radius 2 is 1.94 bits per heavy atom. The molecule has 1 aromatic carbocycles. The lowest BCUT2D eigenvalue weighted by Gasteiger charge is -2.34. The van der Waals surface area contributed by atoms with Gasteiger partial charge in [0.15, 0.2) is 0 Å². The van der Waals surface area contributed by atoms with Gasteiger partial charge in [-0.15, -0.1) is 0 Å². The van der Waals surface area contributed by atoms with Gasteiger partial charge in [0.05, 0.1) is 17.1 Å². The summed E-state index contributed by atoms with van der Waals surface area (Å²) in [6.07, 6.45) is 4.23. The standard InChI is InChI=1S/C23H26ClN5O3S/c1-15-6-7-17-18(14-15)27-22(26-17)19-4-3-11-29(19)23(30)16-8-12-28(13-9-16)33(31,32)20-5-2-10-25-21(20)24/h2,5-7,10,14,16,19H,3-4,8-9,11-13H2,1H3,(H,26,27). The van der Waals surface area contributed by atoms with Crippen LogP contribution in [0.25, 0.3) is 11.0 Å². The van der Waals surface area contributed by atoms with Gasteiger partial charge in [-0.05, 0) is 62.4 Å². The number of sulfonamides is 1. The van der Waals surface area contributed by atoms with Gasteiger partial charge in [0, 0.05) is 31.7 Å². The van der Waals surface area contributed by atoms with Gasteiger partial charge < -0.3 is 9.88 Å². The van der Waals surface area contributed by atoms with Crippen LogP contribution in [0.2, 0.25) is 5.15 Å². The van der Waals surface area contributed by atoms with E-state index in [-0.39, 0.29) is 41.0 Å². The second-order valence-electron chi connectivity index (χ2n) is 8.80. The molecule has 2 fully saturated rings. The van der Waals surface area contributed by atoms with Gasteiger partial charge in [-0.1, -0.05) is 17.7 Å². The summed E-state index contributed by atoms with van der Waals surface area (Å²) < 4.78 is 27.4. The number of hydrogen-bond acceptors (Lipinski definition) is 5. The Kier molecular flexibility index (Phi) is 5.88. The van der Waals surface area contributed by atoms with Crippen molar-refractivity contribution in [3.8, 4) is 0 Å². The number of nitrogens with zero attached hydrogens (tertiary/aromatic N) is 4. The van der Waals surface area contributed by atoms with E-state index in [0.29, 0.717) is 19.4 Å². The van der Waals surface area contributed by atoms with Crippen molar-refractivity contribution in [2.24, 2.45) is 5.92 Å². The van der Waals surface area contributed by atoms with Gasteiger partial charge >= 0.3 is 0 Å². The molecule has 2 saturated heterocycles. The molecule has 0 spiro atoms. The number of nitrogens with one attached hydrogen (secondary N) is 1. The Bertz CT molecular complexity index is 1300. The summed E-state index contributed by atoms with van der Waals surface area (Å²) >= 11 is 6.02. The van der Waals surface area contributed by atoms with E-state index in [0.717, 1.165) is 35.3 Å². The van der Waals surface area contributed by atoms with E-state index < -0.39 is 10.0 Å². The number of benzene rings is 1. The fourth-order valence-corrected chi connectivity index (χ4v) is 6.79. The molecular weight excluding hydrogens is 462 g/mol. The third kappa shape index (κ3) is 4.13. The summed E-state index contributed by atoms with van der Waals surface area (Å²) in [5.41, 5.74) is 3.05. The van der Waals surface area contributed by atoms with Gasteiger partial charge in [-0.2, -0.15) is 4.31 Å². The lowest BCUT2D eigenvalue weighted by atomic mass is 9.96. The summed E-state index contributed by atoms with van der Waals surface area (Å²) in [7, 11) is -3.73. The number of aromatic amines is 1. The average molecular weight is 488 g/mol. The number of carbonyl (C=O) groups is 1. The molecule has 3 aromatic rings. The van der Waals surface area contributed by atoms with E-state index in [9.17, 15) is 13.2 Å². The van der Waals surface area contributed by atoms with E-state index in [1.54, 1.807) is 6.07 Å². The highest BCUT2D eigenvalue weighted by atomic mass is 35.5. The van der Waals surface area contributed by atoms with Crippen molar-refractivity contribution < 1.29 is 13.2 Å². The van der Waals surface area contributed by atoms with Crippen LogP contribution in [0.4, 0.5) is 0 Å². The Morgan fingerprint density at radius 3 is 2.70 bits per heavy atom. The maximum atomic E-state index is 13.4. The first-order valence-electron chi connectivity index (χ1n) is 11.2. The molecule has 2 aliphatic heterocycles. The fourth-order valence-electron chi connectivity index (χ4n) is 4.90. The molecule has 4 heterocycles. The van der Waals surface area contributed by atoms with Crippen molar-refractivity contribution in [1.82, 2.24) is 24.2 Å². The predicted molar refractivity (Wildman–Crippen MR) is 125 cm³/mol. The van der Waals surface area contributed by atoms with Gasteiger partial charge in [-0.25, -0.2) is 18.4 Å². The van der Waals surface area contributed by atoms with Crippen LogP contribution < -0.4 is 0 Å². The topological polar surface area (TPSA) is 99.3 Å². The number of halogens is 1. The second kappa shape index (κ2) is 8.70. The number of H-pyrrole nitrogens is 1. The second-order valence-corrected chi connectivity index (χ2v) is 11.1. The molecule has 1 N–H and O–H groups in total. The van der Waals surface area contributed by atoms with Crippen molar-refractivity contribution in [3.63, 3.8) is 0 Å². The highest BCUT2D eigenvalue weighted by Crippen LogP contribution is 2.35. The monoisotopic (exact) mass is 487 g/mol. The highest BCUT2D eigenvalue weighted by molar-refractivity contribution is 7.89. The average Bonchev–Trinajstić information content (AvgIpc) is 3.45. The van der Waals surface area contributed by atoms with Crippen LogP contribution in [0.15, 0.2) is 41.4 Å². The molecule has 174 valence electrons. The van der Waals surface area contributed by atoms with Crippen molar-refractivity contribution >= 4 is 38.6 Å². The third-order valence-corrected chi connectivity index (χ3v) is 9.00. The minimum Gasteiger partial charge on any atom is -0.340 e. The highest BCUT2D eigenvalue weighted by Gasteiger charge is 2.39. The zero-order chi connectivity index (χ0) is 23.2. The molecule has 33 heavy (non-hydrogen) atoms. The van der Waals surface area contributed by atoms with E-state index >= 15 is 0 Å². The number of piperidine rings is 1. The lowest BCUT2D eigenvalue weighted by molar-refractivity contribution is -0.137. The third-order valence-electron chi connectivity index (χ3n) is 6.65. The largest absolute Gasteiger partial charge is 0.340 e. The smallest absolute Gasteiger partial charge is 0.246 e. The van der Waals surface area contributed by atoms with Gasteiger partial charge in [0.1, 0.15) is 15.9 Å². The van der Waals surface area contributed by atoms with Gasteiger partial charge in [0.25, 0.3) is 0 Å². The SMILES string of the molecule is Cc1ccc2nc(C3CCCN3C(=O)C3CCN(S(=O)(=O)c4cccnc4Cl)CC3)[nH]c2c1. The van der Waals surface area contributed by atoms with E-state index in [2.05, 4.69) is 16.0 Å². The molecule has 2 aromatic heterocycles. The van der Waals surface area contributed by atoms with Crippen molar-refractivity contribution in [1.29, 1.82) is 0 Å². The molecule has 1 atom stereocenters. The van der Waals surface area contributed by atoms with Crippen LogP contribution in [0, 0.1) is 12.8 Å². The molecule has 10 heteroatoms. The van der Waals surface area contributed by atoms with Crippen LogP contribution in [0.5, 0.6) is 0 Å².